The Morgan fingerprint density at radius 2 is 2.00 bits per heavy atom. The largest absolute Gasteiger partial charge is 0.496 e. The topological polar surface area (TPSA) is 35.2 Å². The van der Waals surface area contributed by atoms with E-state index in [4.69, 9.17) is 22.1 Å². The van der Waals surface area contributed by atoms with E-state index in [1.807, 2.05) is 0 Å². The van der Waals surface area contributed by atoms with Crippen molar-refractivity contribution in [2.45, 2.75) is 12.5 Å². The number of rotatable bonds is 3. The SMILES string of the molecule is COc1ccc(Cl)cc1[C@H](N)C(F)F.Cl. The van der Waals surface area contributed by atoms with Crippen molar-refractivity contribution in [3.05, 3.63) is 28.8 Å². The van der Waals surface area contributed by atoms with Crippen molar-refractivity contribution in [1.29, 1.82) is 0 Å². The van der Waals surface area contributed by atoms with Gasteiger partial charge < -0.3 is 10.5 Å². The summed E-state index contributed by atoms with van der Waals surface area (Å²) in [6.07, 6.45) is -2.64. The standard InChI is InChI=1S/C9H10ClF2NO.ClH/c1-14-7-3-2-5(10)4-6(7)8(13)9(11)12;/h2-4,8-9H,13H2,1H3;1H/t8-;/m0./s1. The van der Waals surface area contributed by atoms with Gasteiger partial charge in [-0.1, -0.05) is 11.6 Å². The van der Waals surface area contributed by atoms with Gasteiger partial charge in [-0.3, -0.25) is 0 Å². The van der Waals surface area contributed by atoms with Crippen molar-refractivity contribution >= 4 is 24.0 Å². The van der Waals surface area contributed by atoms with E-state index in [0.29, 0.717) is 10.8 Å². The molecule has 0 radical (unpaired) electrons. The van der Waals surface area contributed by atoms with E-state index < -0.39 is 12.5 Å². The Bertz CT molecular complexity index is 323. The highest BCUT2D eigenvalue weighted by atomic mass is 35.5. The Balaban J connectivity index is 0.00000196. The highest BCUT2D eigenvalue weighted by Gasteiger charge is 2.21. The van der Waals surface area contributed by atoms with Crippen molar-refractivity contribution < 1.29 is 13.5 Å². The molecule has 0 aliphatic rings. The number of halogens is 4. The zero-order valence-corrected chi connectivity index (χ0v) is 9.49. The summed E-state index contributed by atoms with van der Waals surface area (Å²) >= 11 is 5.67. The van der Waals surface area contributed by atoms with E-state index in [0.717, 1.165) is 0 Å². The molecule has 0 saturated carbocycles. The molecule has 0 spiro atoms. The minimum atomic E-state index is -2.64. The first-order chi connectivity index (χ1) is 6.56. The maximum atomic E-state index is 12.3. The summed E-state index contributed by atoms with van der Waals surface area (Å²) in [6, 6.07) is 3.09. The van der Waals surface area contributed by atoms with Crippen LogP contribution in [0, 0.1) is 0 Å². The first-order valence-corrected chi connectivity index (χ1v) is 4.31. The molecule has 1 atom stereocenters. The van der Waals surface area contributed by atoms with Gasteiger partial charge in [0, 0.05) is 10.6 Å². The molecule has 0 fully saturated rings. The molecule has 0 aromatic heterocycles. The minimum absolute atomic E-state index is 0. The van der Waals surface area contributed by atoms with Crippen LogP contribution in [0.5, 0.6) is 5.75 Å². The second-order valence-electron chi connectivity index (χ2n) is 2.75. The van der Waals surface area contributed by atoms with Crippen molar-refractivity contribution in [1.82, 2.24) is 0 Å². The first kappa shape index (κ1) is 14.4. The van der Waals surface area contributed by atoms with E-state index in [2.05, 4.69) is 0 Å². The molecule has 1 rings (SSSR count). The predicted molar refractivity (Wildman–Crippen MR) is 58.2 cm³/mol. The maximum absolute atomic E-state index is 12.3. The quantitative estimate of drug-likeness (QED) is 0.904. The molecule has 2 N–H and O–H groups in total. The smallest absolute Gasteiger partial charge is 0.257 e. The molecule has 1 aromatic rings. The highest BCUT2D eigenvalue weighted by molar-refractivity contribution is 6.30. The molecule has 0 aliphatic heterocycles. The molecule has 2 nitrogen and oxygen atoms in total. The lowest BCUT2D eigenvalue weighted by molar-refractivity contribution is 0.115. The number of hydrogen-bond acceptors (Lipinski definition) is 2. The first-order valence-electron chi connectivity index (χ1n) is 3.93. The molecule has 0 amide bonds. The highest BCUT2D eigenvalue weighted by Crippen LogP contribution is 2.29. The Kier molecular flexibility index (Phi) is 5.87. The summed E-state index contributed by atoms with van der Waals surface area (Å²) in [6.45, 7) is 0. The summed E-state index contributed by atoms with van der Waals surface area (Å²) < 4.78 is 29.6. The summed E-state index contributed by atoms with van der Waals surface area (Å²) in [4.78, 5) is 0. The Labute approximate surface area is 97.8 Å². The molecule has 0 saturated heterocycles. The molecular weight excluding hydrogens is 247 g/mol. The average Bonchev–Trinajstić information content (AvgIpc) is 2.16. The van der Waals surface area contributed by atoms with E-state index >= 15 is 0 Å². The van der Waals surface area contributed by atoms with Crippen LogP contribution < -0.4 is 10.5 Å². The second kappa shape index (κ2) is 6.10. The fraction of sp³-hybridized carbons (Fsp3) is 0.333. The third-order valence-electron chi connectivity index (χ3n) is 1.82. The lowest BCUT2D eigenvalue weighted by atomic mass is 10.1. The van der Waals surface area contributed by atoms with Crippen LogP contribution in [0.15, 0.2) is 18.2 Å². The zero-order chi connectivity index (χ0) is 10.7. The maximum Gasteiger partial charge on any atom is 0.257 e. The van der Waals surface area contributed by atoms with Gasteiger partial charge in [-0.15, -0.1) is 12.4 Å². The lowest BCUT2D eigenvalue weighted by Gasteiger charge is -2.14. The van der Waals surface area contributed by atoms with Gasteiger partial charge in [0.2, 0.25) is 0 Å². The number of alkyl halides is 2. The molecule has 86 valence electrons. The van der Waals surface area contributed by atoms with Gasteiger partial charge >= 0.3 is 0 Å². The van der Waals surface area contributed by atoms with Crippen molar-refractivity contribution in [2.75, 3.05) is 7.11 Å². The van der Waals surface area contributed by atoms with Crippen LogP contribution in [0.4, 0.5) is 8.78 Å². The Morgan fingerprint density at radius 1 is 1.40 bits per heavy atom. The van der Waals surface area contributed by atoms with Crippen LogP contribution in [-0.2, 0) is 0 Å². The molecule has 0 heterocycles. The van der Waals surface area contributed by atoms with Crippen LogP contribution in [0.3, 0.4) is 0 Å². The van der Waals surface area contributed by atoms with Gasteiger partial charge in [-0.25, -0.2) is 8.78 Å². The van der Waals surface area contributed by atoms with E-state index in [1.165, 1.54) is 19.2 Å². The third-order valence-corrected chi connectivity index (χ3v) is 2.06. The third kappa shape index (κ3) is 3.48. The number of benzene rings is 1. The molecule has 0 unspecified atom stereocenters. The molecular formula is C9H11Cl2F2NO. The molecule has 6 heteroatoms. The van der Waals surface area contributed by atoms with Gasteiger partial charge in [0.1, 0.15) is 5.75 Å². The number of nitrogens with two attached hydrogens (primary N) is 1. The molecule has 1 aromatic carbocycles. The van der Waals surface area contributed by atoms with Gasteiger partial charge in [-0.2, -0.15) is 0 Å². The van der Waals surface area contributed by atoms with Gasteiger partial charge in [0.25, 0.3) is 6.43 Å². The predicted octanol–water partition coefficient (Wildman–Crippen LogP) is 3.04. The molecule has 0 aliphatic carbocycles. The second-order valence-corrected chi connectivity index (χ2v) is 3.18. The number of ether oxygens (including phenoxy) is 1. The summed E-state index contributed by atoms with van der Waals surface area (Å²) in [5.74, 6) is 0.321. The van der Waals surface area contributed by atoms with Crippen LogP contribution >= 0.6 is 24.0 Å². The van der Waals surface area contributed by atoms with Crippen molar-refractivity contribution in [3.8, 4) is 5.75 Å². The van der Waals surface area contributed by atoms with E-state index in [1.54, 1.807) is 6.07 Å². The number of methoxy groups -OCH3 is 1. The van der Waals surface area contributed by atoms with Gasteiger partial charge in [0.05, 0.1) is 13.2 Å². The molecule has 0 bridgehead atoms. The molecule has 15 heavy (non-hydrogen) atoms. The average molecular weight is 258 g/mol. The summed E-state index contributed by atoms with van der Waals surface area (Å²) in [7, 11) is 1.39. The van der Waals surface area contributed by atoms with Crippen LogP contribution in [0.1, 0.15) is 11.6 Å². The fourth-order valence-electron chi connectivity index (χ4n) is 1.10. The van der Waals surface area contributed by atoms with Crippen molar-refractivity contribution in [2.24, 2.45) is 5.73 Å². The normalized spacial score (nSPS) is 12.1. The summed E-state index contributed by atoms with van der Waals surface area (Å²) in [5, 5.41) is 0.358. The summed E-state index contributed by atoms with van der Waals surface area (Å²) in [5.41, 5.74) is 5.51. The van der Waals surface area contributed by atoms with Crippen LogP contribution in [0.2, 0.25) is 5.02 Å². The van der Waals surface area contributed by atoms with Crippen LogP contribution in [0.25, 0.3) is 0 Å². The lowest BCUT2D eigenvalue weighted by Crippen LogP contribution is -2.19. The Hall–Kier alpha value is -0.580. The number of hydrogen-bond donors (Lipinski definition) is 1. The van der Waals surface area contributed by atoms with Crippen LogP contribution in [-0.4, -0.2) is 13.5 Å². The van der Waals surface area contributed by atoms with Crippen molar-refractivity contribution in [3.63, 3.8) is 0 Å². The fourth-order valence-corrected chi connectivity index (χ4v) is 1.28. The Morgan fingerprint density at radius 3 is 2.47 bits per heavy atom. The minimum Gasteiger partial charge on any atom is -0.496 e. The van der Waals surface area contributed by atoms with E-state index in [-0.39, 0.29) is 18.0 Å². The zero-order valence-electron chi connectivity index (χ0n) is 7.91. The van der Waals surface area contributed by atoms with E-state index in [9.17, 15) is 8.78 Å². The van der Waals surface area contributed by atoms with Gasteiger partial charge in [-0.05, 0) is 18.2 Å². The van der Waals surface area contributed by atoms with Gasteiger partial charge in [0.15, 0.2) is 0 Å². The monoisotopic (exact) mass is 257 g/mol.